The molecule has 2 heterocycles. The first-order chi connectivity index (χ1) is 7.49. The molecule has 0 N–H and O–H groups in total. The highest BCUT2D eigenvalue weighted by Gasteiger charge is 2.13. The molecule has 0 aliphatic rings. The van der Waals surface area contributed by atoms with Gasteiger partial charge >= 0.3 is 0 Å². The van der Waals surface area contributed by atoms with Crippen molar-refractivity contribution >= 4 is 78.0 Å². The highest BCUT2D eigenvalue weighted by Crippen LogP contribution is 2.38. The number of thiophene rings is 1. The quantitative estimate of drug-likeness (QED) is 0.551. The summed E-state index contributed by atoms with van der Waals surface area (Å²) in [6.45, 7) is 0. The molecule has 0 saturated carbocycles. The van der Waals surface area contributed by atoms with Crippen LogP contribution in [0.5, 0.6) is 0 Å². The minimum atomic E-state index is 0.274. The molecular weight excluding hydrogens is 422 g/mol. The molecule has 8 heteroatoms. The minimum Gasteiger partial charge on any atom is -0.214 e. The fourth-order valence-corrected chi connectivity index (χ4v) is 3.16. The van der Waals surface area contributed by atoms with E-state index in [-0.39, 0.29) is 10.3 Å². The number of rotatable bonds is 1. The van der Waals surface area contributed by atoms with Crippen molar-refractivity contribution in [2.75, 3.05) is 0 Å². The molecule has 0 amide bonds. The van der Waals surface area contributed by atoms with E-state index in [2.05, 4.69) is 41.8 Å². The third-order valence-corrected chi connectivity index (χ3v) is 5.86. The molecule has 0 aliphatic heterocycles. The lowest BCUT2D eigenvalue weighted by Crippen LogP contribution is -1.89. The highest BCUT2D eigenvalue weighted by molar-refractivity contribution is 9.11. The molecule has 0 radical (unpaired) electrons. The Morgan fingerprint density at radius 2 is 1.62 bits per heavy atom. The predicted octanol–water partition coefficient (Wildman–Crippen LogP) is 5.69. The fraction of sp³-hybridized carbons (Fsp3) is 0. The smallest absolute Gasteiger partial charge is 0.172 e. The number of aromatic nitrogens is 2. The third kappa shape index (κ3) is 2.54. The van der Waals surface area contributed by atoms with E-state index in [1.807, 2.05) is 6.07 Å². The van der Waals surface area contributed by atoms with Crippen molar-refractivity contribution in [3.63, 3.8) is 0 Å². The van der Waals surface area contributed by atoms with Gasteiger partial charge < -0.3 is 0 Å². The number of hydrogen-bond donors (Lipinski definition) is 0. The van der Waals surface area contributed by atoms with Crippen LogP contribution in [0.25, 0.3) is 10.7 Å². The van der Waals surface area contributed by atoms with Gasteiger partial charge in [-0.2, -0.15) is 0 Å². The van der Waals surface area contributed by atoms with Gasteiger partial charge in [0.2, 0.25) is 0 Å². The Morgan fingerprint density at radius 1 is 1.06 bits per heavy atom. The van der Waals surface area contributed by atoms with Crippen LogP contribution >= 0.6 is 78.0 Å². The molecule has 0 unspecified atom stereocenters. The van der Waals surface area contributed by atoms with Crippen LogP contribution in [0.4, 0.5) is 0 Å². The normalized spacial score (nSPS) is 10.8. The molecule has 0 spiro atoms. The molecule has 2 aromatic rings. The van der Waals surface area contributed by atoms with E-state index < -0.39 is 0 Å². The Hall–Kier alpha value is 0.610. The summed E-state index contributed by atoms with van der Waals surface area (Å²) in [5.41, 5.74) is 0. The van der Waals surface area contributed by atoms with E-state index in [9.17, 15) is 0 Å². The molecule has 0 bridgehead atoms. The summed E-state index contributed by atoms with van der Waals surface area (Å²) in [7, 11) is 0. The Bertz CT molecular complexity index is 516. The SMILES string of the molecule is Clc1nc(-c2cc(Br)c(Cl)s2)nc(Cl)c1Br. The zero-order valence-corrected chi connectivity index (χ0v) is 13.5. The highest BCUT2D eigenvalue weighted by atomic mass is 79.9. The van der Waals surface area contributed by atoms with Crippen LogP contribution in [0.1, 0.15) is 0 Å². The first kappa shape index (κ1) is 13.1. The van der Waals surface area contributed by atoms with Crippen LogP contribution in [-0.4, -0.2) is 9.97 Å². The molecule has 0 aromatic carbocycles. The predicted molar refractivity (Wildman–Crippen MR) is 75.8 cm³/mol. The van der Waals surface area contributed by atoms with E-state index in [0.29, 0.717) is 14.6 Å². The number of hydrogen-bond acceptors (Lipinski definition) is 3. The molecule has 2 aromatic heterocycles. The van der Waals surface area contributed by atoms with Crippen LogP contribution < -0.4 is 0 Å². The molecule has 2 rings (SSSR count). The molecular formula is C8HBr2Cl3N2S. The maximum absolute atomic E-state index is 5.93. The summed E-state index contributed by atoms with van der Waals surface area (Å²) in [5.74, 6) is 0.454. The van der Waals surface area contributed by atoms with Crippen molar-refractivity contribution in [1.82, 2.24) is 9.97 Å². The summed E-state index contributed by atoms with van der Waals surface area (Å²) in [4.78, 5) is 9.02. The lowest BCUT2D eigenvalue weighted by atomic mass is 10.4. The van der Waals surface area contributed by atoms with Gasteiger partial charge in [0, 0.05) is 4.47 Å². The summed E-state index contributed by atoms with van der Waals surface area (Å²) in [6, 6.07) is 1.82. The van der Waals surface area contributed by atoms with Gasteiger partial charge in [0.15, 0.2) is 5.82 Å². The molecule has 0 saturated heterocycles. The molecule has 0 atom stereocenters. The van der Waals surface area contributed by atoms with E-state index in [4.69, 9.17) is 34.8 Å². The van der Waals surface area contributed by atoms with Gasteiger partial charge in [-0.3, -0.25) is 0 Å². The van der Waals surface area contributed by atoms with Gasteiger partial charge in [-0.1, -0.05) is 34.8 Å². The maximum atomic E-state index is 5.93. The fourth-order valence-electron chi connectivity index (χ4n) is 0.961. The topological polar surface area (TPSA) is 25.8 Å². The summed E-state index contributed by atoms with van der Waals surface area (Å²) in [5, 5.41) is 0.547. The molecule has 0 fully saturated rings. The van der Waals surface area contributed by atoms with Crippen molar-refractivity contribution in [3.8, 4) is 10.7 Å². The van der Waals surface area contributed by atoms with Crippen molar-refractivity contribution in [3.05, 3.63) is 29.7 Å². The summed E-state index contributed by atoms with van der Waals surface area (Å²) < 4.78 is 1.92. The molecule has 2 nitrogen and oxygen atoms in total. The molecule has 16 heavy (non-hydrogen) atoms. The van der Waals surface area contributed by atoms with Crippen LogP contribution in [0.2, 0.25) is 14.6 Å². The summed E-state index contributed by atoms with van der Waals surface area (Å²) >= 11 is 25.6. The summed E-state index contributed by atoms with van der Waals surface area (Å²) in [6.07, 6.45) is 0. The standard InChI is InChI=1S/C8HBr2Cl3N2S/c9-2-1-3(16-7(2)13)8-14-5(11)4(10)6(12)15-8/h1H. The zero-order chi connectivity index (χ0) is 11.9. The minimum absolute atomic E-state index is 0.274. The number of nitrogens with zero attached hydrogens (tertiary/aromatic N) is 2. The molecule has 0 aliphatic carbocycles. The van der Waals surface area contributed by atoms with E-state index in [1.54, 1.807) is 0 Å². The van der Waals surface area contributed by atoms with Gasteiger partial charge in [0.05, 0.1) is 9.35 Å². The van der Waals surface area contributed by atoms with Gasteiger partial charge in [0.1, 0.15) is 14.6 Å². The van der Waals surface area contributed by atoms with E-state index in [1.165, 1.54) is 11.3 Å². The largest absolute Gasteiger partial charge is 0.214 e. The van der Waals surface area contributed by atoms with Crippen molar-refractivity contribution < 1.29 is 0 Å². The van der Waals surface area contributed by atoms with Crippen LogP contribution in [0.3, 0.4) is 0 Å². The Balaban J connectivity index is 2.56. The first-order valence-corrected chi connectivity index (χ1v) is 7.36. The van der Waals surface area contributed by atoms with Crippen LogP contribution in [-0.2, 0) is 0 Å². The number of halogens is 5. The molecule has 84 valence electrons. The van der Waals surface area contributed by atoms with Gasteiger partial charge in [-0.05, 0) is 37.9 Å². The monoisotopic (exact) mass is 420 g/mol. The lowest BCUT2D eigenvalue weighted by molar-refractivity contribution is 1.17. The Kier molecular flexibility index (Phi) is 4.14. The van der Waals surface area contributed by atoms with Gasteiger partial charge in [0.25, 0.3) is 0 Å². The first-order valence-electron chi connectivity index (χ1n) is 3.82. The average molecular weight is 423 g/mol. The maximum Gasteiger partial charge on any atom is 0.172 e. The van der Waals surface area contributed by atoms with Crippen LogP contribution in [0, 0.1) is 0 Å². The zero-order valence-electron chi connectivity index (χ0n) is 7.27. The Labute approximate surface area is 127 Å². The van der Waals surface area contributed by atoms with E-state index in [0.717, 1.165) is 9.35 Å². The average Bonchev–Trinajstić information content (AvgIpc) is 2.55. The van der Waals surface area contributed by atoms with Crippen molar-refractivity contribution in [1.29, 1.82) is 0 Å². The third-order valence-electron chi connectivity index (χ3n) is 1.64. The lowest BCUT2D eigenvalue weighted by Gasteiger charge is -2.00. The van der Waals surface area contributed by atoms with Crippen molar-refractivity contribution in [2.45, 2.75) is 0 Å². The van der Waals surface area contributed by atoms with E-state index >= 15 is 0 Å². The Morgan fingerprint density at radius 3 is 2.06 bits per heavy atom. The second-order valence-electron chi connectivity index (χ2n) is 2.68. The van der Waals surface area contributed by atoms with Gasteiger partial charge in [-0.25, -0.2) is 9.97 Å². The van der Waals surface area contributed by atoms with Crippen molar-refractivity contribution in [2.24, 2.45) is 0 Å². The van der Waals surface area contributed by atoms with Gasteiger partial charge in [-0.15, -0.1) is 11.3 Å². The second kappa shape index (κ2) is 5.08. The van der Waals surface area contributed by atoms with Crippen LogP contribution in [0.15, 0.2) is 15.0 Å². The second-order valence-corrected chi connectivity index (χ2v) is 6.69.